The molecule has 0 aromatic heterocycles. The summed E-state index contributed by atoms with van der Waals surface area (Å²) in [7, 11) is 0. The molecule has 20 heavy (non-hydrogen) atoms. The third kappa shape index (κ3) is 4.71. The zero-order chi connectivity index (χ0) is 14.2. The Morgan fingerprint density at radius 2 is 2.00 bits per heavy atom. The summed E-state index contributed by atoms with van der Waals surface area (Å²) in [6.07, 6.45) is 3.14. The lowest BCUT2D eigenvalue weighted by molar-refractivity contribution is -0.118. The highest BCUT2D eigenvalue weighted by Gasteiger charge is 2.14. The summed E-state index contributed by atoms with van der Waals surface area (Å²) in [4.78, 5) is 10.7. The highest BCUT2D eigenvalue weighted by molar-refractivity contribution is 5.72. The van der Waals surface area contributed by atoms with Gasteiger partial charge in [0.2, 0.25) is 5.91 Å². The van der Waals surface area contributed by atoms with Gasteiger partial charge in [0.05, 0.1) is 0 Å². The largest absolute Gasteiger partial charge is 0.355 e. The van der Waals surface area contributed by atoms with Gasteiger partial charge in [-0.25, -0.2) is 0 Å². The number of carbonyl (C=O) groups is 1. The predicted octanol–water partition coefficient (Wildman–Crippen LogP) is 2.03. The van der Waals surface area contributed by atoms with Gasteiger partial charge in [0.25, 0.3) is 0 Å². The van der Waals surface area contributed by atoms with Crippen LogP contribution in [0.5, 0.6) is 0 Å². The Hall–Kier alpha value is -1.79. The number of rotatable bonds is 3. The molecule has 0 bridgehead atoms. The fourth-order valence-corrected chi connectivity index (χ4v) is 2.46. The summed E-state index contributed by atoms with van der Waals surface area (Å²) in [6, 6.07) is 8.60. The van der Waals surface area contributed by atoms with E-state index in [4.69, 9.17) is 0 Å². The second-order valence-electron chi connectivity index (χ2n) is 5.18. The van der Waals surface area contributed by atoms with Crippen LogP contribution in [0, 0.1) is 11.8 Å². The lowest BCUT2D eigenvalue weighted by Crippen LogP contribution is -2.26. The maximum Gasteiger partial charge on any atom is 0.216 e. The van der Waals surface area contributed by atoms with Crippen molar-refractivity contribution in [3.8, 4) is 11.8 Å². The minimum absolute atomic E-state index is 0.00174. The molecule has 0 aliphatic carbocycles. The Morgan fingerprint density at radius 3 is 2.65 bits per heavy atom. The zero-order valence-corrected chi connectivity index (χ0v) is 12.0. The van der Waals surface area contributed by atoms with Crippen LogP contribution in [0.3, 0.4) is 0 Å². The molecule has 1 aromatic carbocycles. The van der Waals surface area contributed by atoms with Crippen LogP contribution >= 0.6 is 0 Å². The van der Waals surface area contributed by atoms with Gasteiger partial charge in [-0.2, -0.15) is 0 Å². The van der Waals surface area contributed by atoms with Crippen molar-refractivity contribution >= 4 is 5.91 Å². The average Bonchev–Trinajstić information content (AvgIpc) is 2.48. The molecule has 1 aliphatic rings. The van der Waals surface area contributed by atoms with Crippen LogP contribution in [0.2, 0.25) is 0 Å². The summed E-state index contributed by atoms with van der Waals surface area (Å²) in [5, 5.41) is 6.13. The van der Waals surface area contributed by atoms with Crippen molar-refractivity contribution < 1.29 is 4.79 Å². The van der Waals surface area contributed by atoms with Crippen molar-refractivity contribution in [3.05, 3.63) is 35.4 Å². The van der Waals surface area contributed by atoms with Gasteiger partial charge in [0, 0.05) is 25.5 Å². The number of amides is 1. The molecule has 0 radical (unpaired) electrons. The molecule has 3 nitrogen and oxygen atoms in total. The molecule has 106 valence electrons. The first kappa shape index (κ1) is 14.6. The van der Waals surface area contributed by atoms with Crippen molar-refractivity contribution in [3.63, 3.8) is 0 Å². The van der Waals surface area contributed by atoms with Gasteiger partial charge in [0.1, 0.15) is 0 Å². The van der Waals surface area contributed by atoms with Gasteiger partial charge >= 0.3 is 0 Å². The Labute approximate surface area is 121 Å². The molecule has 3 heteroatoms. The molecule has 1 aliphatic heterocycles. The standard InChI is InChI=1S/C17H22N2O/c1-14(20)19-11-3-2-4-15-5-7-16(8-6-15)17-9-12-18-13-10-17/h5-8,17-18H,3,9-13H2,1H3,(H,19,20). The van der Waals surface area contributed by atoms with E-state index in [1.165, 1.54) is 25.3 Å². The molecular weight excluding hydrogens is 248 g/mol. The van der Waals surface area contributed by atoms with Crippen LogP contribution in [0.15, 0.2) is 24.3 Å². The quantitative estimate of drug-likeness (QED) is 0.652. The van der Waals surface area contributed by atoms with E-state index in [0.29, 0.717) is 18.9 Å². The van der Waals surface area contributed by atoms with Crippen molar-refractivity contribution in [2.24, 2.45) is 0 Å². The Morgan fingerprint density at radius 1 is 1.30 bits per heavy atom. The van der Waals surface area contributed by atoms with Crippen LogP contribution in [0.1, 0.15) is 43.2 Å². The molecule has 1 heterocycles. The molecule has 1 amide bonds. The predicted molar refractivity (Wildman–Crippen MR) is 81.5 cm³/mol. The van der Waals surface area contributed by atoms with E-state index in [1.54, 1.807) is 0 Å². The van der Waals surface area contributed by atoms with E-state index in [0.717, 1.165) is 18.7 Å². The summed E-state index contributed by atoms with van der Waals surface area (Å²) >= 11 is 0. The van der Waals surface area contributed by atoms with Gasteiger partial charge in [-0.15, -0.1) is 0 Å². The number of nitrogens with one attached hydrogen (secondary N) is 2. The van der Waals surface area contributed by atoms with Crippen LogP contribution in [-0.2, 0) is 4.79 Å². The van der Waals surface area contributed by atoms with Crippen molar-refractivity contribution in [2.45, 2.75) is 32.1 Å². The van der Waals surface area contributed by atoms with E-state index in [1.807, 2.05) is 0 Å². The molecule has 1 fully saturated rings. The van der Waals surface area contributed by atoms with Crippen LogP contribution in [0.4, 0.5) is 0 Å². The Balaban J connectivity index is 1.85. The maximum atomic E-state index is 10.7. The number of carbonyl (C=O) groups excluding carboxylic acids is 1. The first-order valence-electron chi connectivity index (χ1n) is 7.29. The fraction of sp³-hybridized carbons (Fsp3) is 0.471. The molecule has 2 rings (SSSR count). The van der Waals surface area contributed by atoms with Crippen LogP contribution < -0.4 is 10.6 Å². The maximum absolute atomic E-state index is 10.7. The lowest BCUT2D eigenvalue weighted by Gasteiger charge is -2.22. The summed E-state index contributed by atoms with van der Waals surface area (Å²) in [6.45, 7) is 4.38. The van der Waals surface area contributed by atoms with Gasteiger partial charge in [-0.3, -0.25) is 4.79 Å². The minimum Gasteiger partial charge on any atom is -0.355 e. The molecule has 0 atom stereocenters. The zero-order valence-electron chi connectivity index (χ0n) is 12.0. The number of piperidine rings is 1. The fourth-order valence-electron chi connectivity index (χ4n) is 2.46. The van der Waals surface area contributed by atoms with E-state index in [-0.39, 0.29) is 5.91 Å². The Kier molecular flexibility index (Phi) is 5.64. The van der Waals surface area contributed by atoms with Gasteiger partial charge in [0.15, 0.2) is 0 Å². The molecule has 0 spiro atoms. The van der Waals surface area contributed by atoms with Gasteiger partial charge in [-0.1, -0.05) is 24.0 Å². The topological polar surface area (TPSA) is 41.1 Å². The normalized spacial score (nSPS) is 15.2. The lowest BCUT2D eigenvalue weighted by atomic mass is 9.90. The highest BCUT2D eigenvalue weighted by atomic mass is 16.1. The van der Waals surface area contributed by atoms with Crippen LogP contribution in [-0.4, -0.2) is 25.5 Å². The van der Waals surface area contributed by atoms with E-state index in [2.05, 4.69) is 46.7 Å². The molecule has 1 aromatic rings. The SMILES string of the molecule is CC(=O)NCCC#Cc1ccc(C2CCNCC2)cc1. The van der Waals surface area contributed by atoms with Crippen molar-refractivity contribution in [2.75, 3.05) is 19.6 Å². The van der Waals surface area contributed by atoms with Gasteiger partial charge < -0.3 is 10.6 Å². The average molecular weight is 270 g/mol. The molecule has 0 saturated carbocycles. The van der Waals surface area contributed by atoms with Crippen molar-refractivity contribution in [1.82, 2.24) is 10.6 Å². The molecular formula is C17H22N2O. The first-order valence-corrected chi connectivity index (χ1v) is 7.29. The summed E-state index contributed by atoms with van der Waals surface area (Å²) < 4.78 is 0. The monoisotopic (exact) mass is 270 g/mol. The third-order valence-electron chi connectivity index (χ3n) is 3.58. The molecule has 1 saturated heterocycles. The number of hydrogen-bond acceptors (Lipinski definition) is 2. The van der Waals surface area contributed by atoms with E-state index >= 15 is 0 Å². The number of hydrogen-bond donors (Lipinski definition) is 2. The van der Waals surface area contributed by atoms with Crippen molar-refractivity contribution in [1.29, 1.82) is 0 Å². The highest BCUT2D eigenvalue weighted by Crippen LogP contribution is 2.24. The second kappa shape index (κ2) is 7.72. The third-order valence-corrected chi connectivity index (χ3v) is 3.58. The number of benzene rings is 1. The summed E-state index contributed by atoms with van der Waals surface area (Å²) in [5.74, 6) is 6.91. The second-order valence-corrected chi connectivity index (χ2v) is 5.18. The first-order chi connectivity index (χ1) is 9.75. The summed E-state index contributed by atoms with van der Waals surface area (Å²) in [5.41, 5.74) is 2.47. The van der Waals surface area contributed by atoms with E-state index < -0.39 is 0 Å². The van der Waals surface area contributed by atoms with E-state index in [9.17, 15) is 4.79 Å². The molecule has 0 unspecified atom stereocenters. The van der Waals surface area contributed by atoms with Gasteiger partial charge in [-0.05, 0) is 49.5 Å². The van der Waals surface area contributed by atoms with Crippen LogP contribution in [0.25, 0.3) is 0 Å². The minimum atomic E-state index is -0.00174. The molecule has 2 N–H and O–H groups in total. The Bertz CT molecular complexity index is 490. The smallest absolute Gasteiger partial charge is 0.216 e.